The zero-order valence-electron chi connectivity index (χ0n) is 17.0. The highest BCUT2D eigenvalue weighted by atomic mass is 32.2. The summed E-state index contributed by atoms with van der Waals surface area (Å²) in [5, 5.41) is 2.41. The number of amides is 3. The van der Waals surface area contributed by atoms with Crippen molar-refractivity contribution in [2.24, 2.45) is 0 Å². The number of nitrogens with zero attached hydrogens (tertiary/aromatic N) is 1. The van der Waals surface area contributed by atoms with Crippen molar-refractivity contribution in [3.05, 3.63) is 69.1 Å². The van der Waals surface area contributed by atoms with Crippen LogP contribution in [0.2, 0.25) is 0 Å². The van der Waals surface area contributed by atoms with Crippen LogP contribution in [-0.2, 0) is 16.0 Å². The number of carbonyl (C=O) groups is 3. The third-order valence-corrected chi connectivity index (χ3v) is 5.71. The van der Waals surface area contributed by atoms with Crippen LogP contribution in [0.1, 0.15) is 34.7 Å². The average molecular weight is 409 g/mol. The molecular formula is C23H24N2O3S. The lowest BCUT2D eigenvalue weighted by Gasteiger charge is -2.15. The van der Waals surface area contributed by atoms with Gasteiger partial charge in [0, 0.05) is 5.69 Å². The van der Waals surface area contributed by atoms with Gasteiger partial charge in [-0.1, -0.05) is 48.9 Å². The number of nitrogens with one attached hydrogen (secondary N) is 1. The number of rotatable bonds is 5. The summed E-state index contributed by atoms with van der Waals surface area (Å²) in [4.78, 5) is 38.8. The number of aryl methyl sites for hydroxylation is 4. The monoisotopic (exact) mass is 408 g/mol. The molecular weight excluding hydrogens is 384 g/mol. The van der Waals surface area contributed by atoms with Gasteiger partial charge in [-0.2, -0.15) is 0 Å². The molecule has 1 aliphatic rings. The molecule has 1 fully saturated rings. The Balaban J connectivity index is 1.71. The third-order valence-electron chi connectivity index (χ3n) is 4.80. The number of thioether (sulfide) groups is 1. The van der Waals surface area contributed by atoms with E-state index >= 15 is 0 Å². The summed E-state index contributed by atoms with van der Waals surface area (Å²) in [7, 11) is 0. The van der Waals surface area contributed by atoms with Crippen LogP contribution in [0.5, 0.6) is 0 Å². The molecule has 0 unspecified atom stereocenters. The second-order valence-corrected chi connectivity index (χ2v) is 8.18. The van der Waals surface area contributed by atoms with Gasteiger partial charge in [0.25, 0.3) is 11.1 Å². The summed E-state index contributed by atoms with van der Waals surface area (Å²) in [6.07, 6.45) is 2.63. The molecule has 1 aliphatic heterocycles. The third kappa shape index (κ3) is 4.77. The van der Waals surface area contributed by atoms with Gasteiger partial charge in [0.05, 0.1) is 4.91 Å². The van der Waals surface area contributed by atoms with Crippen molar-refractivity contribution in [2.45, 2.75) is 34.1 Å². The van der Waals surface area contributed by atoms with Crippen molar-refractivity contribution >= 4 is 40.6 Å². The second kappa shape index (κ2) is 8.66. The van der Waals surface area contributed by atoms with Crippen LogP contribution in [-0.4, -0.2) is 28.5 Å². The van der Waals surface area contributed by atoms with Crippen LogP contribution in [0.15, 0.2) is 41.3 Å². The van der Waals surface area contributed by atoms with Crippen LogP contribution < -0.4 is 5.32 Å². The first kappa shape index (κ1) is 20.9. The van der Waals surface area contributed by atoms with Gasteiger partial charge in [0.1, 0.15) is 6.54 Å². The summed E-state index contributed by atoms with van der Waals surface area (Å²) in [5.41, 5.74) is 5.78. The Morgan fingerprint density at radius 2 is 1.69 bits per heavy atom. The van der Waals surface area contributed by atoms with E-state index in [4.69, 9.17) is 0 Å². The van der Waals surface area contributed by atoms with Gasteiger partial charge in [0.2, 0.25) is 5.91 Å². The van der Waals surface area contributed by atoms with Crippen LogP contribution in [0.4, 0.5) is 10.5 Å². The summed E-state index contributed by atoms with van der Waals surface area (Å²) < 4.78 is 0. The maximum atomic E-state index is 12.6. The maximum Gasteiger partial charge on any atom is 0.294 e. The largest absolute Gasteiger partial charge is 0.324 e. The predicted molar refractivity (Wildman–Crippen MR) is 118 cm³/mol. The van der Waals surface area contributed by atoms with E-state index in [1.165, 1.54) is 5.56 Å². The minimum absolute atomic E-state index is 0.302. The van der Waals surface area contributed by atoms with Gasteiger partial charge in [0.15, 0.2) is 0 Å². The fraction of sp³-hybridized carbons (Fsp3) is 0.261. The number of carbonyl (C=O) groups excluding carboxylic acids is 3. The topological polar surface area (TPSA) is 66.5 Å². The standard InChI is InChI=1S/C23H24N2O3S/c1-5-17-6-8-18(9-7-17)12-19-22(27)25(23(28)29-19)13-20(26)24-21-15(3)10-14(2)11-16(21)4/h6-12H,5,13H2,1-4H3,(H,24,26)/b19-12-. The molecule has 0 aromatic heterocycles. The van der Waals surface area contributed by atoms with Crippen LogP contribution in [0.3, 0.4) is 0 Å². The lowest BCUT2D eigenvalue weighted by Crippen LogP contribution is -2.36. The molecule has 2 aromatic carbocycles. The first-order valence-corrected chi connectivity index (χ1v) is 10.3. The molecule has 6 heteroatoms. The smallest absolute Gasteiger partial charge is 0.294 e. The second-order valence-electron chi connectivity index (χ2n) is 7.18. The van der Waals surface area contributed by atoms with Gasteiger partial charge in [-0.25, -0.2) is 0 Å². The first-order chi connectivity index (χ1) is 13.8. The molecule has 2 aromatic rings. The summed E-state index contributed by atoms with van der Waals surface area (Å²) in [5.74, 6) is -0.831. The van der Waals surface area contributed by atoms with E-state index in [0.717, 1.165) is 51.0 Å². The van der Waals surface area contributed by atoms with Gasteiger partial charge in [-0.05, 0) is 67.3 Å². The Bertz CT molecular complexity index is 986. The highest BCUT2D eigenvalue weighted by molar-refractivity contribution is 8.18. The van der Waals surface area contributed by atoms with E-state index < -0.39 is 17.1 Å². The number of imide groups is 1. The first-order valence-electron chi connectivity index (χ1n) is 9.50. The average Bonchev–Trinajstić information content (AvgIpc) is 2.92. The van der Waals surface area contributed by atoms with E-state index in [1.807, 2.05) is 57.2 Å². The van der Waals surface area contributed by atoms with Crippen molar-refractivity contribution in [1.82, 2.24) is 4.90 Å². The van der Waals surface area contributed by atoms with E-state index in [9.17, 15) is 14.4 Å². The van der Waals surface area contributed by atoms with E-state index in [0.29, 0.717) is 4.91 Å². The minimum Gasteiger partial charge on any atom is -0.324 e. The highest BCUT2D eigenvalue weighted by Gasteiger charge is 2.36. The van der Waals surface area contributed by atoms with Gasteiger partial charge in [-0.15, -0.1) is 0 Å². The fourth-order valence-corrected chi connectivity index (χ4v) is 4.18. The minimum atomic E-state index is -0.438. The number of anilines is 1. The Morgan fingerprint density at radius 3 is 2.28 bits per heavy atom. The predicted octanol–water partition coefficient (Wildman–Crippen LogP) is 4.85. The highest BCUT2D eigenvalue weighted by Crippen LogP contribution is 2.32. The normalized spacial score (nSPS) is 15.3. The maximum absolute atomic E-state index is 12.6. The lowest BCUT2D eigenvalue weighted by molar-refractivity contribution is -0.127. The van der Waals surface area contributed by atoms with Crippen molar-refractivity contribution < 1.29 is 14.4 Å². The van der Waals surface area contributed by atoms with E-state index in [1.54, 1.807) is 6.08 Å². The number of hydrogen-bond acceptors (Lipinski definition) is 4. The van der Waals surface area contributed by atoms with Crippen molar-refractivity contribution in [3.8, 4) is 0 Å². The molecule has 0 spiro atoms. The van der Waals surface area contributed by atoms with Gasteiger partial charge in [-0.3, -0.25) is 19.3 Å². The molecule has 1 heterocycles. The molecule has 150 valence electrons. The molecule has 0 bridgehead atoms. The fourth-order valence-electron chi connectivity index (χ4n) is 3.34. The van der Waals surface area contributed by atoms with Gasteiger partial charge < -0.3 is 5.32 Å². The quantitative estimate of drug-likeness (QED) is 0.718. The van der Waals surface area contributed by atoms with Crippen LogP contribution in [0.25, 0.3) is 6.08 Å². The number of benzene rings is 2. The summed E-state index contributed by atoms with van der Waals surface area (Å²) >= 11 is 0.862. The Kier molecular flexibility index (Phi) is 6.23. The molecule has 3 amide bonds. The van der Waals surface area contributed by atoms with E-state index in [2.05, 4.69) is 12.2 Å². The van der Waals surface area contributed by atoms with Crippen LogP contribution >= 0.6 is 11.8 Å². The SMILES string of the molecule is CCc1ccc(/C=C2\SC(=O)N(CC(=O)Nc3c(C)cc(C)cc3C)C2=O)cc1. The molecule has 3 rings (SSSR count). The molecule has 1 saturated heterocycles. The molecule has 0 saturated carbocycles. The molecule has 1 N–H and O–H groups in total. The van der Waals surface area contributed by atoms with Crippen LogP contribution in [0, 0.1) is 20.8 Å². The molecule has 29 heavy (non-hydrogen) atoms. The van der Waals surface area contributed by atoms with E-state index in [-0.39, 0.29) is 6.54 Å². The summed E-state index contributed by atoms with van der Waals surface area (Å²) in [6, 6.07) is 11.8. The molecule has 5 nitrogen and oxygen atoms in total. The Labute approximate surface area is 175 Å². The Morgan fingerprint density at radius 1 is 1.07 bits per heavy atom. The summed E-state index contributed by atoms with van der Waals surface area (Å²) in [6.45, 7) is 7.60. The molecule has 0 radical (unpaired) electrons. The van der Waals surface area contributed by atoms with Crippen molar-refractivity contribution in [1.29, 1.82) is 0 Å². The Hall–Kier alpha value is -2.86. The molecule has 0 aliphatic carbocycles. The number of hydrogen-bond donors (Lipinski definition) is 1. The van der Waals surface area contributed by atoms with Gasteiger partial charge >= 0.3 is 0 Å². The lowest BCUT2D eigenvalue weighted by atomic mass is 10.1. The molecule has 0 atom stereocenters. The van der Waals surface area contributed by atoms with Crippen molar-refractivity contribution in [2.75, 3.05) is 11.9 Å². The zero-order chi connectivity index (χ0) is 21.1. The zero-order valence-corrected chi connectivity index (χ0v) is 17.9. The van der Waals surface area contributed by atoms with Crippen molar-refractivity contribution in [3.63, 3.8) is 0 Å².